The molecule has 21 heavy (non-hydrogen) atoms. The first kappa shape index (κ1) is 15.4. The molecule has 0 amide bonds. The molecule has 112 valence electrons. The zero-order chi connectivity index (χ0) is 15.5. The number of alkyl halides is 3. The van der Waals surface area contributed by atoms with Crippen molar-refractivity contribution in [3.8, 4) is 5.75 Å². The number of hydrogen-bond acceptors (Lipinski definition) is 3. The molecule has 1 aromatic heterocycles. The minimum atomic E-state index is -4.71. The van der Waals surface area contributed by atoms with Crippen LogP contribution in [0.4, 0.5) is 18.9 Å². The molecular formula is C14H12ClF3N2O. The molecule has 1 N–H and O–H groups in total. The van der Waals surface area contributed by atoms with Crippen molar-refractivity contribution >= 4 is 17.3 Å². The third-order valence-corrected chi connectivity index (χ3v) is 2.93. The van der Waals surface area contributed by atoms with Crippen LogP contribution in [-0.4, -0.2) is 11.3 Å². The largest absolute Gasteiger partial charge is 0.573 e. The molecule has 2 rings (SSSR count). The number of para-hydroxylation sites is 1. The van der Waals surface area contributed by atoms with Crippen LogP contribution in [0.5, 0.6) is 5.75 Å². The molecule has 0 saturated heterocycles. The van der Waals surface area contributed by atoms with E-state index in [0.29, 0.717) is 22.1 Å². The Kier molecular flexibility index (Phi) is 4.57. The summed E-state index contributed by atoms with van der Waals surface area (Å²) >= 11 is 5.75. The molecule has 2 aromatic rings. The molecule has 0 bridgehead atoms. The second-order valence-electron chi connectivity index (χ2n) is 4.28. The van der Waals surface area contributed by atoms with Gasteiger partial charge >= 0.3 is 6.36 Å². The molecule has 1 heterocycles. The molecule has 1 aromatic carbocycles. The summed E-state index contributed by atoms with van der Waals surface area (Å²) in [5.74, 6) is -0.225. The van der Waals surface area contributed by atoms with Crippen LogP contribution in [0.2, 0.25) is 5.15 Å². The SMILES string of the molecule is Cc1nc(Cl)ccc1NCc1ccccc1OC(F)(F)F. The van der Waals surface area contributed by atoms with E-state index in [4.69, 9.17) is 11.6 Å². The number of aryl methyl sites for hydroxylation is 1. The second kappa shape index (κ2) is 6.22. The quantitative estimate of drug-likeness (QED) is 0.840. The zero-order valence-corrected chi connectivity index (χ0v) is 11.8. The number of pyridine rings is 1. The van der Waals surface area contributed by atoms with Crippen molar-refractivity contribution in [3.63, 3.8) is 0 Å². The molecule has 0 atom stereocenters. The van der Waals surface area contributed by atoms with Gasteiger partial charge < -0.3 is 10.1 Å². The smallest absolute Gasteiger partial charge is 0.405 e. The van der Waals surface area contributed by atoms with Crippen LogP contribution in [0.25, 0.3) is 0 Å². The summed E-state index contributed by atoms with van der Waals surface area (Å²) in [5, 5.41) is 3.37. The number of halogens is 4. The van der Waals surface area contributed by atoms with Gasteiger partial charge in [-0.05, 0) is 25.1 Å². The number of nitrogens with one attached hydrogen (secondary N) is 1. The number of rotatable bonds is 4. The van der Waals surface area contributed by atoms with Crippen molar-refractivity contribution in [1.82, 2.24) is 4.98 Å². The van der Waals surface area contributed by atoms with E-state index < -0.39 is 6.36 Å². The van der Waals surface area contributed by atoms with Crippen LogP contribution in [0.15, 0.2) is 36.4 Å². The van der Waals surface area contributed by atoms with Gasteiger partial charge in [0.1, 0.15) is 10.9 Å². The molecule has 0 fully saturated rings. The summed E-state index contributed by atoms with van der Waals surface area (Å²) in [6.45, 7) is 1.93. The first-order valence-corrected chi connectivity index (χ1v) is 6.43. The van der Waals surface area contributed by atoms with Crippen molar-refractivity contribution in [1.29, 1.82) is 0 Å². The molecule has 3 nitrogen and oxygen atoms in total. The van der Waals surface area contributed by atoms with E-state index in [9.17, 15) is 13.2 Å². The lowest BCUT2D eigenvalue weighted by molar-refractivity contribution is -0.274. The number of benzene rings is 1. The predicted octanol–water partition coefficient (Wildman–Crippen LogP) is 4.55. The topological polar surface area (TPSA) is 34.2 Å². The van der Waals surface area contributed by atoms with Crippen molar-refractivity contribution in [2.45, 2.75) is 19.8 Å². The van der Waals surface area contributed by atoms with E-state index in [2.05, 4.69) is 15.0 Å². The Balaban J connectivity index is 2.13. The number of aromatic nitrogens is 1. The third kappa shape index (κ3) is 4.53. The van der Waals surface area contributed by atoms with Gasteiger partial charge in [0.15, 0.2) is 0 Å². The van der Waals surface area contributed by atoms with Crippen molar-refractivity contribution in [2.75, 3.05) is 5.32 Å². The molecule has 0 radical (unpaired) electrons. The normalized spacial score (nSPS) is 11.3. The first-order valence-electron chi connectivity index (χ1n) is 6.06. The molecule has 0 saturated carbocycles. The van der Waals surface area contributed by atoms with Gasteiger partial charge in [0.25, 0.3) is 0 Å². The lowest BCUT2D eigenvalue weighted by Gasteiger charge is -2.14. The number of hydrogen-bond donors (Lipinski definition) is 1. The molecule has 0 aliphatic carbocycles. The molecule has 0 spiro atoms. The number of ether oxygens (including phenoxy) is 1. The Labute approximate surface area is 124 Å². The molecular weight excluding hydrogens is 305 g/mol. The van der Waals surface area contributed by atoms with Crippen LogP contribution >= 0.6 is 11.6 Å². The summed E-state index contributed by atoms with van der Waals surface area (Å²) in [7, 11) is 0. The fourth-order valence-corrected chi connectivity index (χ4v) is 1.97. The predicted molar refractivity (Wildman–Crippen MR) is 74.4 cm³/mol. The Morgan fingerprint density at radius 3 is 2.57 bits per heavy atom. The van der Waals surface area contributed by atoms with E-state index in [1.54, 1.807) is 31.2 Å². The van der Waals surface area contributed by atoms with Crippen molar-refractivity contribution < 1.29 is 17.9 Å². The van der Waals surface area contributed by atoms with E-state index in [-0.39, 0.29) is 12.3 Å². The van der Waals surface area contributed by atoms with Crippen LogP contribution < -0.4 is 10.1 Å². The standard InChI is InChI=1S/C14H12ClF3N2O/c1-9-11(6-7-13(15)20-9)19-8-10-4-2-3-5-12(10)21-14(16,17)18/h2-7,19H,8H2,1H3. The maximum Gasteiger partial charge on any atom is 0.573 e. The van der Waals surface area contributed by atoms with E-state index in [1.807, 2.05) is 0 Å². The minimum absolute atomic E-state index is 0.177. The van der Waals surface area contributed by atoms with Crippen molar-refractivity contribution in [3.05, 3.63) is 52.8 Å². The summed E-state index contributed by atoms with van der Waals surface area (Å²) in [4.78, 5) is 4.06. The van der Waals surface area contributed by atoms with E-state index >= 15 is 0 Å². The van der Waals surface area contributed by atoms with E-state index in [1.165, 1.54) is 12.1 Å². The Morgan fingerprint density at radius 2 is 1.90 bits per heavy atom. The van der Waals surface area contributed by atoms with Gasteiger partial charge in [-0.3, -0.25) is 0 Å². The monoisotopic (exact) mass is 316 g/mol. The Hall–Kier alpha value is -1.95. The summed E-state index contributed by atoms with van der Waals surface area (Å²) in [6.07, 6.45) is -4.71. The maximum atomic E-state index is 12.3. The highest BCUT2D eigenvalue weighted by atomic mass is 35.5. The van der Waals surface area contributed by atoms with Crippen LogP contribution in [0, 0.1) is 6.92 Å². The van der Waals surface area contributed by atoms with Gasteiger partial charge in [0, 0.05) is 12.1 Å². The molecule has 0 unspecified atom stereocenters. The third-order valence-electron chi connectivity index (χ3n) is 2.72. The molecule has 0 aliphatic heterocycles. The second-order valence-corrected chi connectivity index (χ2v) is 4.66. The van der Waals surface area contributed by atoms with Crippen LogP contribution in [0.3, 0.4) is 0 Å². The number of nitrogens with zero attached hydrogens (tertiary/aromatic N) is 1. The van der Waals surface area contributed by atoms with Gasteiger partial charge in [-0.25, -0.2) is 4.98 Å². The van der Waals surface area contributed by atoms with Crippen molar-refractivity contribution in [2.24, 2.45) is 0 Å². The minimum Gasteiger partial charge on any atom is -0.405 e. The zero-order valence-electron chi connectivity index (χ0n) is 11.0. The van der Waals surface area contributed by atoms with E-state index in [0.717, 1.165) is 0 Å². The maximum absolute atomic E-state index is 12.3. The number of anilines is 1. The fourth-order valence-electron chi connectivity index (χ4n) is 1.78. The highest BCUT2D eigenvalue weighted by molar-refractivity contribution is 6.29. The Bertz CT molecular complexity index is 632. The first-order chi connectivity index (χ1) is 9.85. The average molecular weight is 317 g/mol. The van der Waals surface area contributed by atoms with Gasteiger partial charge in [0.05, 0.1) is 11.4 Å². The van der Waals surface area contributed by atoms with Gasteiger partial charge in [-0.15, -0.1) is 13.2 Å². The molecule has 7 heteroatoms. The van der Waals surface area contributed by atoms with Crippen LogP contribution in [-0.2, 0) is 6.54 Å². The average Bonchev–Trinajstić information content (AvgIpc) is 2.37. The Morgan fingerprint density at radius 1 is 1.19 bits per heavy atom. The van der Waals surface area contributed by atoms with Gasteiger partial charge in [-0.2, -0.15) is 0 Å². The highest BCUT2D eigenvalue weighted by Crippen LogP contribution is 2.27. The van der Waals surface area contributed by atoms with Gasteiger partial charge in [-0.1, -0.05) is 29.8 Å². The van der Waals surface area contributed by atoms with Crippen LogP contribution in [0.1, 0.15) is 11.3 Å². The molecule has 0 aliphatic rings. The highest BCUT2D eigenvalue weighted by Gasteiger charge is 2.31. The lowest BCUT2D eigenvalue weighted by Crippen LogP contribution is -2.18. The summed E-state index contributed by atoms with van der Waals surface area (Å²) in [5.41, 5.74) is 1.75. The van der Waals surface area contributed by atoms with Gasteiger partial charge in [0.2, 0.25) is 0 Å². The summed E-state index contributed by atoms with van der Waals surface area (Å²) < 4.78 is 41.0. The fraction of sp³-hybridized carbons (Fsp3) is 0.214. The lowest BCUT2D eigenvalue weighted by atomic mass is 10.2. The summed E-state index contributed by atoms with van der Waals surface area (Å²) in [6, 6.07) is 9.30.